The SMILES string of the molecule is COc1cc(C(=O)N2CCC(C(=O)O)(C(C)C)C2)nn1C. The van der Waals surface area contributed by atoms with Gasteiger partial charge in [-0.05, 0) is 12.3 Å². The number of hydrogen-bond donors (Lipinski definition) is 1. The van der Waals surface area contributed by atoms with Crippen LogP contribution in [-0.2, 0) is 11.8 Å². The van der Waals surface area contributed by atoms with E-state index in [-0.39, 0.29) is 24.1 Å². The minimum atomic E-state index is -0.867. The van der Waals surface area contributed by atoms with Crippen LogP contribution in [0.3, 0.4) is 0 Å². The number of amides is 1. The summed E-state index contributed by atoms with van der Waals surface area (Å²) < 4.78 is 6.57. The Kier molecular flexibility index (Phi) is 3.93. The van der Waals surface area contributed by atoms with Gasteiger partial charge in [-0.15, -0.1) is 0 Å². The summed E-state index contributed by atoms with van der Waals surface area (Å²) in [6, 6.07) is 1.57. The minimum absolute atomic E-state index is 0.0360. The molecule has 1 aliphatic heterocycles. The number of aliphatic carboxylic acids is 1. The lowest BCUT2D eigenvalue weighted by Gasteiger charge is -2.28. The summed E-state index contributed by atoms with van der Waals surface area (Å²) in [7, 11) is 3.20. The topological polar surface area (TPSA) is 84.7 Å². The number of hydrogen-bond acceptors (Lipinski definition) is 4. The Morgan fingerprint density at radius 1 is 1.48 bits per heavy atom. The molecule has 2 rings (SSSR count). The number of rotatable bonds is 4. The molecule has 0 saturated carbocycles. The molecule has 7 heteroatoms. The lowest BCUT2D eigenvalue weighted by molar-refractivity contribution is -0.150. The van der Waals surface area contributed by atoms with Gasteiger partial charge in [0, 0.05) is 26.2 Å². The lowest BCUT2D eigenvalue weighted by Crippen LogP contribution is -2.40. The van der Waals surface area contributed by atoms with Gasteiger partial charge in [-0.25, -0.2) is 4.68 Å². The Morgan fingerprint density at radius 2 is 2.14 bits per heavy atom. The van der Waals surface area contributed by atoms with Crippen LogP contribution < -0.4 is 4.74 Å². The molecule has 0 aromatic carbocycles. The van der Waals surface area contributed by atoms with Crippen molar-refractivity contribution in [3.63, 3.8) is 0 Å². The van der Waals surface area contributed by atoms with Gasteiger partial charge in [0.15, 0.2) is 5.69 Å². The zero-order valence-electron chi connectivity index (χ0n) is 12.8. The maximum absolute atomic E-state index is 12.5. The third kappa shape index (κ3) is 2.48. The first kappa shape index (κ1) is 15.3. The van der Waals surface area contributed by atoms with Crippen LogP contribution in [0.4, 0.5) is 0 Å². The van der Waals surface area contributed by atoms with E-state index >= 15 is 0 Å². The molecule has 1 N–H and O–H groups in total. The maximum Gasteiger partial charge on any atom is 0.311 e. The van der Waals surface area contributed by atoms with E-state index in [4.69, 9.17) is 4.74 Å². The van der Waals surface area contributed by atoms with Gasteiger partial charge in [-0.1, -0.05) is 13.8 Å². The Balaban J connectivity index is 2.20. The highest BCUT2D eigenvalue weighted by Gasteiger charge is 2.48. The Bertz CT molecular complexity index is 567. The summed E-state index contributed by atoms with van der Waals surface area (Å²) in [5.74, 6) is -0.638. The molecule has 1 aromatic rings. The van der Waals surface area contributed by atoms with Crippen molar-refractivity contribution in [1.29, 1.82) is 0 Å². The summed E-state index contributed by atoms with van der Waals surface area (Å²) in [5.41, 5.74) is -0.589. The van der Waals surface area contributed by atoms with Crippen molar-refractivity contribution in [2.24, 2.45) is 18.4 Å². The van der Waals surface area contributed by atoms with Crippen LogP contribution in [0.25, 0.3) is 0 Å². The van der Waals surface area contributed by atoms with Gasteiger partial charge in [-0.3, -0.25) is 9.59 Å². The zero-order chi connectivity index (χ0) is 15.8. The van der Waals surface area contributed by atoms with Crippen LogP contribution >= 0.6 is 0 Å². The van der Waals surface area contributed by atoms with Crippen molar-refractivity contribution in [3.05, 3.63) is 11.8 Å². The van der Waals surface area contributed by atoms with E-state index in [1.165, 1.54) is 11.8 Å². The average molecular weight is 295 g/mol. The van der Waals surface area contributed by atoms with Crippen molar-refractivity contribution in [1.82, 2.24) is 14.7 Å². The molecule has 1 aliphatic rings. The zero-order valence-corrected chi connectivity index (χ0v) is 12.8. The second-order valence-corrected chi connectivity index (χ2v) is 5.79. The number of carbonyl (C=O) groups is 2. The van der Waals surface area contributed by atoms with Gasteiger partial charge in [0.05, 0.1) is 12.5 Å². The number of methoxy groups -OCH3 is 1. The number of nitrogens with zero attached hydrogens (tertiary/aromatic N) is 3. The lowest BCUT2D eigenvalue weighted by atomic mass is 9.76. The van der Waals surface area contributed by atoms with E-state index in [1.54, 1.807) is 18.0 Å². The van der Waals surface area contributed by atoms with Crippen LogP contribution in [-0.4, -0.2) is 51.9 Å². The quantitative estimate of drug-likeness (QED) is 0.896. The van der Waals surface area contributed by atoms with Crippen LogP contribution in [0.5, 0.6) is 5.88 Å². The number of carboxylic acid groups (broad SMARTS) is 1. The van der Waals surface area contributed by atoms with Crippen molar-refractivity contribution >= 4 is 11.9 Å². The first-order chi connectivity index (χ1) is 9.81. The molecule has 0 spiro atoms. The highest BCUT2D eigenvalue weighted by Crippen LogP contribution is 2.38. The summed E-state index contributed by atoms with van der Waals surface area (Å²) >= 11 is 0. The number of carboxylic acids is 1. The predicted octanol–water partition coefficient (Wildman–Crippen LogP) is 1.00. The molecule has 116 valence electrons. The number of carbonyl (C=O) groups excluding carboxylic acids is 1. The Morgan fingerprint density at radius 3 is 2.57 bits per heavy atom. The molecule has 0 aliphatic carbocycles. The Labute approximate surface area is 123 Å². The second-order valence-electron chi connectivity index (χ2n) is 5.79. The molecule has 1 aromatic heterocycles. The second kappa shape index (κ2) is 5.38. The van der Waals surface area contributed by atoms with Gasteiger partial charge < -0.3 is 14.7 Å². The van der Waals surface area contributed by atoms with E-state index < -0.39 is 11.4 Å². The smallest absolute Gasteiger partial charge is 0.311 e. The van der Waals surface area contributed by atoms with Crippen LogP contribution in [0.15, 0.2) is 6.07 Å². The van der Waals surface area contributed by atoms with Crippen LogP contribution in [0, 0.1) is 11.3 Å². The summed E-state index contributed by atoms with van der Waals surface area (Å²) in [6.07, 6.45) is 0.468. The normalized spacial score (nSPS) is 21.9. The fourth-order valence-corrected chi connectivity index (χ4v) is 2.81. The van der Waals surface area contributed by atoms with E-state index in [0.29, 0.717) is 18.8 Å². The van der Waals surface area contributed by atoms with Gasteiger partial charge >= 0.3 is 5.97 Å². The Hall–Kier alpha value is -2.05. The summed E-state index contributed by atoms with van der Waals surface area (Å²) in [5, 5.41) is 13.6. The third-order valence-corrected chi connectivity index (χ3v) is 4.38. The number of aromatic nitrogens is 2. The fraction of sp³-hybridized carbons (Fsp3) is 0.643. The van der Waals surface area contributed by atoms with E-state index in [0.717, 1.165) is 0 Å². The highest BCUT2D eigenvalue weighted by molar-refractivity contribution is 5.93. The van der Waals surface area contributed by atoms with E-state index in [9.17, 15) is 14.7 Å². The van der Waals surface area contributed by atoms with Crippen LogP contribution in [0.2, 0.25) is 0 Å². The number of ether oxygens (including phenoxy) is 1. The van der Waals surface area contributed by atoms with Gasteiger partial charge in [0.25, 0.3) is 5.91 Å². The number of aryl methyl sites for hydroxylation is 1. The van der Waals surface area contributed by atoms with E-state index in [2.05, 4.69) is 5.10 Å². The maximum atomic E-state index is 12.5. The molecule has 0 radical (unpaired) electrons. The predicted molar refractivity (Wildman–Crippen MR) is 75.2 cm³/mol. The van der Waals surface area contributed by atoms with Crippen molar-refractivity contribution in [2.45, 2.75) is 20.3 Å². The summed E-state index contributed by atoms with van der Waals surface area (Å²) in [6.45, 7) is 4.41. The molecule has 21 heavy (non-hydrogen) atoms. The first-order valence-corrected chi connectivity index (χ1v) is 6.92. The van der Waals surface area contributed by atoms with Gasteiger partial charge in [0.2, 0.25) is 5.88 Å². The first-order valence-electron chi connectivity index (χ1n) is 6.92. The van der Waals surface area contributed by atoms with E-state index in [1.807, 2.05) is 13.8 Å². The molecule has 1 unspecified atom stereocenters. The van der Waals surface area contributed by atoms with Crippen molar-refractivity contribution < 1.29 is 19.4 Å². The number of likely N-dealkylation sites (tertiary alicyclic amines) is 1. The molecule has 1 atom stereocenters. The van der Waals surface area contributed by atoms with Gasteiger partial charge in [-0.2, -0.15) is 5.10 Å². The monoisotopic (exact) mass is 295 g/mol. The third-order valence-electron chi connectivity index (χ3n) is 4.38. The fourth-order valence-electron chi connectivity index (χ4n) is 2.81. The highest BCUT2D eigenvalue weighted by atomic mass is 16.5. The minimum Gasteiger partial charge on any atom is -0.481 e. The standard InChI is InChI=1S/C14H21N3O4/c1-9(2)14(13(19)20)5-6-17(8-14)12(18)10-7-11(21-4)16(3)15-10/h7,9H,5-6,8H2,1-4H3,(H,19,20). The molecule has 1 amide bonds. The molecule has 0 bridgehead atoms. The molecular weight excluding hydrogens is 274 g/mol. The largest absolute Gasteiger partial charge is 0.481 e. The molecule has 2 heterocycles. The molecular formula is C14H21N3O4. The molecule has 1 saturated heterocycles. The van der Waals surface area contributed by atoms with Crippen LogP contribution in [0.1, 0.15) is 30.8 Å². The van der Waals surface area contributed by atoms with Crippen molar-refractivity contribution in [2.75, 3.05) is 20.2 Å². The molecule has 1 fully saturated rings. The average Bonchev–Trinajstić information content (AvgIpc) is 3.02. The van der Waals surface area contributed by atoms with Gasteiger partial charge in [0.1, 0.15) is 0 Å². The van der Waals surface area contributed by atoms with Crippen molar-refractivity contribution in [3.8, 4) is 5.88 Å². The molecule has 7 nitrogen and oxygen atoms in total. The summed E-state index contributed by atoms with van der Waals surface area (Å²) in [4.78, 5) is 25.6.